The molecule has 1 aliphatic heterocycles. The van der Waals surface area contributed by atoms with Crippen molar-refractivity contribution in [3.8, 4) is 22.6 Å². The molecule has 2 fully saturated rings. The van der Waals surface area contributed by atoms with Crippen LogP contribution in [0.15, 0.2) is 60.0 Å². The number of benzene rings is 2. The molecule has 2 amide bonds. The first kappa shape index (κ1) is 47.2. The van der Waals surface area contributed by atoms with Crippen molar-refractivity contribution >= 4 is 41.5 Å². The normalized spacial score (nSPS) is 18.7. The Bertz CT molecular complexity index is 2410. The lowest BCUT2D eigenvalue weighted by Crippen LogP contribution is -2.49. The molecule has 2 atom stereocenters. The van der Waals surface area contributed by atoms with E-state index in [1.54, 1.807) is 23.1 Å². The van der Waals surface area contributed by atoms with Crippen LogP contribution in [0.2, 0.25) is 5.02 Å². The number of nitrogens with zero attached hydrogens (tertiary/aromatic N) is 8. The zero-order chi connectivity index (χ0) is 46.9. The predicted molar refractivity (Wildman–Crippen MR) is 210 cm³/mol. The van der Waals surface area contributed by atoms with Crippen LogP contribution in [0.1, 0.15) is 88.6 Å². The van der Waals surface area contributed by atoms with Crippen LogP contribution in [-0.2, 0) is 24.7 Å². The van der Waals surface area contributed by atoms with Crippen LogP contribution in [0.3, 0.4) is 0 Å². The standard InChI is InChI=1S/C35H34ClF7N10O3.C4H6O4/c1-32(2,35(41,42)43)16-34(20-6-3-18(4-7-20)24-14-46-53(50-24)21-8-9-21)28(54)51(30(44)48-34)25(15-56-31(55)49-33(11-12-33)27(37)38)19-5-10-23(36)22(13-19)26-45-17-47-52(26)29(39)40;5-3(6)1-2-4(7)8/h3-7,10,13-14,17,21,25,27,29H,8-9,11-12,15-16H2,1-2H3,(H2,44,48)(H,49,55);1-2H2,(H,5,6)(H,7,8)/t25-,34-;/m1./s1. The van der Waals surface area contributed by atoms with Gasteiger partial charge in [0.2, 0.25) is 0 Å². The number of hydrogen-bond acceptors (Lipinski definition) is 11. The summed E-state index contributed by atoms with van der Waals surface area (Å²) in [5, 5.41) is 30.1. The number of nitrogens with one attached hydrogen (secondary N) is 1. The number of hydrogen-bond donors (Lipinski definition) is 4. The highest BCUT2D eigenvalue weighted by molar-refractivity contribution is 6.33. The fraction of sp³-hybridized carbons (Fsp3) is 0.462. The van der Waals surface area contributed by atoms with Gasteiger partial charge in [-0.3, -0.25) is 19.3 Å². The van der Waals surface area contributed by atoms with Gasteiger partial charge in [0.15, 0.2) is 17.3 Å². The lowest BCUT2D eigenvalue weighted by molar-refractivity contribution is -0.218. The van der Waals surface area contributed by atoms with Crippen molar-refractivity contribution in [2.75, 3.05) is 6.61 Å². The molecule has 17 nitrogen and oxygen atoms in total. The third-order valence-corrected chi connectivity index (χ3v) is 11.1. The summed E-state index contributed by atoms with van der Waals surface area (Å²) in [6, 6.07) is 8.53. The molecule has 0 unspecified atom stereocenters. The fourth-order valence-electron chi connectivity index (χ4n) is 6.82. The molecule has 5 N–H and O–H groups in total. The highest BCUT2D eigenvalue weighted by Gasteiger charge is 2.59. The van der Waals surface area contributed by atoms with Crippen LogP contribution in [0.4, 0.5) is 35.5 Å². The van der Waals surface area contributed by atoms with Gasteiger partial charge in [0.05, 0.1) is 41.6 Å². The van der Waals surface area contributed by atoms with E-state index in [0.29, 0.717) is 11.3 Å². The molecule has 64 heavy (non-hydrogen) atoms. The highest BCUT2D eigenvalue weighted by Crippen LogP contribution is 2.51. The lowest BCUT2D eigenvalue weighted by Gasteiger charge is -2.37. The second-order valence-corrected chi connectivity index (χ2v) is 16.4. The van der Waals surface area contributed by atoms with E-state index in [9.17, 15) is 49.9 Å². The molecule has 0 radical (unpaired) electrons. The van der Waals surface area contributed by atoms with E-state index in [1.165, 1.54) is 30.3 Å². The first-order valence-electron chi connectivity index (χ1n) is 19.4. The maximum atomic E-state index is 14.9. The van der Waals surface area contributed by atoms with Crippen molar-refractivity contribution < 1.29 is 64.9 Å². The summed E-state index contributed by atoms with van der Waals surface area (Å²) >= 11 is 6.40. The van der Waals surface area contributed by atoms with Crippen LogP contribution < -0.4 is 11.1 Å². The zero-order valence-corrected chi connectivity index (χ0v) is 34.5. The Labute approximate surface area is 363 Å². The first-order valence-corrected chi connectivity index (χ1v) is 19.8. The number of rotatable bonds is 16. The minimum Gasteiger partial charge on any atom is -0.481 e. The fourth-order valence-corrected chi connectivity index (χ4v) is 7.02. The van der Waals surface area contributed by atoms with Gasteiger partial charge >= 0.3 is 30.8 Å². The molecular weight excluding hydrogens is 889 g/mol. The maximum absolute atomic E-state index is 14.9. The molecule has 0 bridgehead atoms. The van der Waals surface area contributed by atoms with Crippen LogP contribution in [0, 0.1) is 5.41 Å². The smallest absolute Gasteiger partial charge is 0.407 e. The van der Waals surface area contributed by atoms with E-state index in [2.05, 4.69) is 30.6 Å². The van der Waals surface area contributed by atoms with Gasteiger partial charge < -0.3 is 26.0 Å². The van der Waals surface area contributed by atoms with Crippen molar-refractivity contribution in [1.29, 1.82) is 0 Å². The lowest BCUT2D eigenvalue weighted by atomic mass is 9.74. The minimum absolute atomic E-state index is 0.0198. The van der Waals surface area contributed by atoms with Gasteiger partial charge in [-0.2, -0.15) is 46.7 Å². The summed E-state index contributed by atoms with van der Waals surface area (Å²) in [6.45, 7) is -2.12. The Morgan fingerprint density at radius 3 is 2.19 bits per heavy atom. The van der Waals surface area contributed by atoms with Gasteiger partial charge in [-0.05, 0) is 55.4 Å². The topological polar surface area (TPSA) is 233 Å². The summed E-state index contributed by atoms with van der Waals surface area (Å²) in [5.74, 6) is -4.16. The maximum Gasteiger partial charge on any atom is 0.407 e. The Kier molecular flexibility index (Phi) is 13.3. The summed E-state index contributed by atoms with van der Waals surface area (Å²) < 4.78 is 104. The van der Waals surface area contributed by atoms with Crippen molar-refractivity contribution in [3.05, 3.63) is 71.1 Å². The summed E-state index contributed by atoms with van der Waals surface area (Å²) in [4.78, 5) is 57.8. The van der Waals surface area contributed by atoms with Crippen molar-refractivity contribution in [1.82, 2.24) is 40.0 Å². The van der Waals surface area contributed by atoms with Crippen LogP contribution >= 0.6 is 11.6 Å². The minimum atomic E-state index is -4.82. The number of guanidine groups is 1. The molecule has 2 saturated carbocycles. The number of carboxylic acids is 2. The number of amides is 2. The van der Waals surface area contributed by atoms with Crippen molar-refractivity contribution in [2.45, 2.75) is 101 Å². The third kappa shape index (κ3) is 10.0. The van der Waals surface area contributed by atoms with E-state index in [-0.39, 0.29) is 63.9 Å². The van der Waals surface area contributed by atoms with Crippen LogP contribution in [-0.4, -0.2) is 99.5 Å². The number of carbonyl (C=O) groups excluding carboxylic acids is 2. The van der Waals surface area contributed by atoms with E-state index in [0.717, 1.165) is 37.9 Å². The largest absolute Gasteiger partial charge is 0.481 e. The number of carbonyl (C=O) groups is 4. The number of halogens is 8. The van der Waals surface area contributed by atoms with Crippen molar-refractivity contribution in [2.24, 2.45) is 16.1 Å². The second kappa shape index (κ2) is 18.0. The van der Waals surface area contributed by atoms with Gasteiger partial charge in [0.25, 0.3) is 12.3 Å². The SMILES string of the molecule is CC(C)(C[C@]1(c2ccc(-c3cnn(C4CC4)n3)cc2)N=C(N)N([C@H](COC(=O)NC2(C(F)F)CC2)c2ccc(Cl)c(-c3ncnn3C(F)F)c2)C1=O)C(F)(F)F.O=C(O)CCC(=O)O. The monoisotopic (exact) mass is 928 g/mol. The third-order valence-electron chi connectivity index (χ3n) is 10.8. The molecule has 3 heterocycles. The molecule has 7 rings (SSSR count). The molecule has 2 aliphatic carbocycles. The molecule has 344 valence electrons. The molecule has 0 spiro atoms. The Balaban J connectivity index is 0.000000776. The van der Waals surface area contributed by atoms with E-state index in [1.807, 2.05) is 0 Å². The molecule has 2 aromatic heterocycles. The number of aliphatic carboxylic acids is 2. The number of alkyl halides is 7. The molecule has 0 saturated heterocycles. The van der Waals surface area contributed by atoms with Gasteiger partial charge in [0, 0.05) is 11.1 Å². The van der Waals surface area contributed by atoms with Gasteiger partial charge in [0.1, 0.15) is 24.2 Å². The quantitative estimate of drug-likeness (QED) is 0.0823. The van der Waals surface area contributed by atoms with Gasteiger partial charge in [-0.15, -0.1) is 0 Å². The van der Waals surface area contributed by atoms with Crippen molar-refractivity contribution in [3.63, 3.8) is 0 Å². The zero-order valence-electron chi connectivity index (χ0n) is 33.8. The number of ether oxygens (including phenoxy) is 1. The summed E-state index contributed by atoms with van der Waals surface area (Å²) in [5.41, 5.74) is 0.820. The summed E-state index contributed by atoms with van der Waals surface area (Å²) in [6.07, 6.45) is -6.29. The molecular formula is C39H40ClF7N10O7. The number of alkyl carbamates (subject to hydrolysis) is 1. The van der Waals surface area contributed by atoms with Crippen LogP contribution in [0.25, 0.3) is 22.6 Å². The average molecular weight is 929 g/mol. The van der Waals surface area contributed by atoms with Gasteiger partial charge in [-0.25, -0.2) is 23.6 Å². The number of carboxylic acid groups (broad SMARTS) is 2. The summed E-state index contributed by atoms with van der Waals surface area (Å²) in [7, 11) is 0. The Morgan fingerprint density at radius 1 is 1.00 bits per heavy atom. The predicted octanol–water partition coefficient (Wildman–Crippen LogP) is 7.12. The Hall–Kier alpha value is -6.33. The van der Waals surface area contributed by atoms with Crippen LogP contribution in [0.5, 0.6) is 0 Å². The Morgan fingerprint density at radius 2 is 1.64 bits per heavy atom. The number of aromatic nitrogens is 6. The number of nitrogens with two attached hydrogens (primary N) is 1. The molecule has 25 heteroatoms. The van der Waals surface area contributed by atoms with E-state index < -0.39 is 84.6 Å². The number of aliphatic imine (C=N–C) groups is 1. The van der Waals surface area contributed by atoms with E-state index in [4.69, 9.17) is 32.3 Å². The second-order valence-electron chi connectivity index (χ2n) is 16.0. The van der Waals surface area contributed by atoms with E-state index >= 15 is 0 Å². The molecule has 4 aromatic rings. The molecule has 3 aliphatic rings. The molecule has 2 aromatic carbocycles. The highest BCUT2D eigenvalue weighted by atomic mass is 35.5. The van der Waals surface area contributed by atoms with Gasteiger partial charge in [-0.1, -0.05) is 55.8 Å². The first-order chi connectivity index (χ1) is 30.0. The average Bonchev–Trinajstić information content (AvgIpc) is 4.09.